The van der Waals surface area contributed by atoms with Gasteiger partial charge in [-0.05, 0) is 19.4 Å². The maximum absolute atomic E-state index is 9.15. The zero-order valence-corrected chi connectivity index (χ0v) is 6.22. The normalized spacial score (nSPS) is 18.2. The molecule has 2 nitrogen and oxygen atoms in total. The van der Waals surface area contributed by atoms with E-state index in [1.165, 1.54) is 7.11 Å². The van der Waals surface area contributed by atoms with E-state index in [0.717, 1.165) is 6.42 Å². The Balaban J connectivity index is 3.70. The van der Waals surface area contributed by atoms with Crippen molar-refractivity contribution in [3.63, 3.8) is 0 Å². The fraction of sp³-hybridized carbons (Fsp3) is 0.714. The number of rotatable bonds is 3. The van der Waals surface area contributed by atoms with Gasteiger partial charge in [0, 0.05) is 7.11 Å². The molecule has 0 amide bonds. The Kier molecular flexibility index (Phi) is 3.50. The van der Waals surface area contributed by atoms with Crippen LogP contribution in [-0.4, -0.2) is 18.0 Å². The molecule has 0 saturated carbocycles. The number of methoxy groups -OCH3 is 1. The first-order chi connectivity index (χ1) is 4.12. The minimum Gasteiger partial charge on any atom is -0.362 e. The van der Waals surface area contributed by atoms with Crippen molar-refractivity contribution in [3.05, 3.63) is 12.2 Å². The number of allylic oxidation sites excluding steroid dienone is 1. The smallest absolute Gasteiger partial charge is 0.181 e. The van der Waals surface area contributed by atoms with E-state index in [2.05, 4.69) is 0 Å². The summed E-state index contributed by atoms with van der Waals surface area (Å²) in [7, 11) is 1.47. The lowest BCUT2D eigenvalue weighted by atomic mass is 10.3. The summed E-state index contributed by atoms with van der Waals surface area (Å²) in [5.74, 6) is -1.09. The molecule has 0 fully saturated rings. The summed E-state index contributed by atoms with van der Waals surface area (Å²) in [6.45, 7) is 3.60. The van der Waals surface area contributed by atoms with Crippen molar-refractivity contribution in [1.29, 1.82) is 0 Å². The second-order valence-electron chi connectivity index (χ2n) is 2.07. The van der Waals surface area contributed by atoms with Gasteiger partial charge in [0.2, 0.25) is 0 Å². The van der Waals surface area contributed by atoms with Gasteiger partial charge in [-0.3, -0.25) is 0 Å². The van der Waals surface area contributed by atoms with Crippen LogP contribution in [0.15, 0.2) is 12.2 Å². The van der Waals surface area contributed by atoms with Crippen molar-refractivity contribution in [1.82, 2.24) is 0 Å². The molecule has 0 aromatic carbocycles. The largest absolute Gasteiger partial charge is 0.362 e. The fourth-order valence-electron chi connectivity index (χ4n) is 0.405. The van der Waals surface area contributed by atoms with Crippen molar-refractivity contribution in [2.24, 2.45) is 0 Å². The lowest BCUT2D eigenvalue weighted by Gasteiger charge is -2.15. The minimum atomic E-state index is -1.09. The van der Waals surface area contributed by atoms with Gasteiger partial charge in [0.1, 0.15) is 0 Å². The van der Waals surface area contributed by atoms with Gasteiger partial charge in [0.25, 0.3) is 0 Å². The van der Waals surface area contributed by atoms with E-state index in [9.17, 15) is 0 Å². The van der Waals surface area contributed by atoms with Crippen LogP contribution in [0.5, 0.6) is 0 Å². The molecule has 54 valence electrons. The Morgan fingerprint density at radius 1 is 1.67 bits per heavy atom. The third-order valence-corrected chi connectivity index (χ3v) is 1.08. The van der Waals surface area contributed by atoms with Crippen molar-refractivity contribution < 1.29 is 9.84 Å². The molecule has 0 saturated heterocycles. The Morgan fingerprint density at radius 3 is 2.56 bits per heavy atom. The Hall–Kier alpha value is -0.340. The van der Waals surface area contributed by atoms with E-state index in [1.807, 2.05) is 13.0 Å². The van der Waals surface area contributed by atoms with E-state index in [1.54, 1.807) is 13.0 Å². The van der Waals surface area contributed by atoms with Gasteiger partial charge in [-0.1, -0.05) is 13.0 Å². The van der Waals surface area contributed by atoms with Crippen molar-refractivity contribution in [2.75, 3.05) is 7.11 Å². The molecule has 1 atom stereocenters. The molecule has 0 bridgehead atoms. The highest BCUT2D eigenvalue weighted by atomic mass is 16.6. The molecule has 0 spiro atoms. The average molecular weight is 130 g/mol. The minimum absolute atomic E-state index is 0.916. The van der Waals surface area contributed by atoms with E-state index in [-0.39, 0.29) is 0 Å². The van der Waals surface area contributed by atoms with Crippen LogP contribution in [-0.2, 0) is 4.74 Å². The monoisotopic (exact) mass is 130 g/mol. The summed E-state index contributed by atoms with van der Waals surface area (Å²) >= 11 is 0. The predicted octanol–water partition coefficient (Wildman–Crippen LogP) is 1.31. The summed E-state index contributed by atoms with van der Waals surface area (Å²) < 4.78 is 4.71. The quantitative estimate of drug-likeness (QED) is 0.461. The summed E-state index contributed by atoms with van der Waals surface area (Å²) in [6, 6.07) is 0. The molecule has 1 N–H and O–H groups in total. The molecule has 0 rings (SSSR count). The topological polar surface area (TPSA) is 29.5 Å². The third kappa shape index (κ3) is 4.18. The third-order valence-electron chi connectivity index (χ3n) is 1.08. The van der Waals surface area contributed by atoms with Crippen molar-refractivity contribution >= 4 is 0 Å². The summed E-state index contributed by atoms with van der Waals surface area (Å²) in [4.78, 5) is 0. The molecule has 0 aliphatic heterocycles. The average Bonchev–Trinajstić information content (AvgIpc) is 1.84. The summed E-state index contributed by atoms with van der Waals surface area (Å²) in [5.41, 5.74) is 0. The molecule has 9 heavy (non-hydrogen) atoms. The van der Waals surface area contributed by atoms with Crippen molar-refractivity contribution in [3.8, 4) is 0 Å². The summed E-state index contributed by atoms with van der Waals surface area (Å²) in [5, 5.41) is 9.15. The van der Waals surface area contributed by atoms with Gasteiger partial charge >= 0.3 is 0 Å². The van der Waals surface area contributed by atoms with Crippen molar-refractivity contribution in [2.45, 2.75) is 26.1 Å². The molecule has 2 heteroatoms. The molecule has 0 aromatic heterocycles. The molecule has 0 aliphatic rings. The molecule has 0 aliphatic carbocycles. The fourth-order valence-corrected chi connectivity index (χ4v) is 0.405. The number of hydrogen-bond donors (Lipinski definition) is 1. The highest BCUT2D eigenvalue weighted by Gasteiger charge is 2.11. The van der Waals surface area contributed by atoms with E-state index < -0.39 is 5.79 Å². The van der Waals surface area contributed by atoms with Gasteiger partial charge < -0.3 is 9.84 Å². The van der Waals surface area contributed by atoms with Crippen LogP contribution in [0.2, 0.25) is 0 Å². The first kappa shape index (κ1) is 8.66. The van der Waals surface area contributed by atoms with E-state index in [0.29, 0.717) is 0 Å². The second-order valence-corrected chi connectivity index (χ2v) is 2.07. The van der Waals surface area contributed by atoms with Crippen LogP contribution in [0, 0.1) is 0 Å². The Bertz CT molecular complexity index is 95.1. The van der Waals surface area contributed by atoms with Gasteiger partial charge in [-0.2, -0.15) is 0 Å². The molecule has 0 radical (unpaired) electrons. The number of hydrogen-bond acceptors (Lipinski definition) is 2. The van der Waals surface area contributed by atoms with Gasteiger partial charge in [0.05, 0.1) is 0 Å². The first-order valence-corrected chi connectivity index (χ1v) is 3.07. The van der Waals surface area contributed by atoms with Crippen LogP contribution in [0.25, 0.3) is 0 Å². The van der Waals surface area contributed by atoms with E-state index in [4.69, 9.17) is 9.84 Å². The maximum Gasteiger partial charge on any atom is 0.181 e. The molecular weight excluding hydrogens is 116 g/mol. The zero-order chi connectivity index (χ0) is 7.33. The van der Waals surface area contributed by atoms with Gasteiger partial charge in [-0.15, -0.1) is 0 Å². The second kappa shape index (κ2) is 3.64. The first-order valence-electron chi connectivity index (χ1n) is 3.07. The zero-order valence-electron chi connectivity index (χ0n) is 6.22. The standard InChI is InChI=1S/C7H14O2/c1-4-5-6-7(2,8)9-3/h5-6,8H,4H2,1-3H3. The lowest BCUT2D eigenvalue weighted by Crippen LogP contribution is -2.22. The van der Waals surface area contributed by atoms with E-state index >= 15 is 0 Å². The molecule has 1 unspecified atom stereocenters. The molecule has 0 heterocycles. The Labute approximate surface area is 56.1 Å². The highest BCUT2D eigenvalue weighted by Crippen LogP contribution is 2.04. The SMILES string of the molecule is CCC=CC(C)(O)OC. The van der Waals surface area contributed by atoms with Crippen LogP contribution in [0.1, 0.15) is 20.3 Å². The number of ether oxygens (including phenoxy) is 1. The Morgan fingerprint density at radius 2 is 2.22 bits per heavy atom. The predicted molar refractivity (Wildman–Crippen MR) is 37.1 cm³/mol. The summed E-state index contributed by atoms with van der Waals surface area (Å²) in [6.07, 6.45) is 4.41. The highest BCUT2D eigenvalue weighted by molar-refractivity contribution is 4.91. The molecular formula is C7H14O2. The van der Waals surface area contributed by atoms with Gasteiger partial charge in [-0.25, -0.2) is 0 Å². The number of aliphatic hydroxyl groups is 1. The maximum atomic E-state index is 9.15. The van der Waals surface area contributed by atoms with Crippen LogP contribution in [0.3, 0.4) is 0 Å². The van der Waals surface area contributed by atoms with Crippen LogP contribution < -0.4 is 0 Å². The van der Waals surface area contributed by atoms with Crippen LogP contribution in [0.4, 0.5) is 0 Å². The molecule has 0 aromatic rings. The van der Waals surface area contributed by atoms with Gasteiger partial charge in [0.15, 0.2) is 5.79 Å². The van der Waals surface area contributed by atoms with Crippen LogP contribution >= 0.6 is 0 Å². The lowest BCUT2D eigenvalue weighted by molar-refractivity contribution is -0.130.